The van der Waals surface area contributed by atoms with Crippen LogP contribution in [0.2, 0.25) is 0 Å². The molecule has 22 heavy (non-hydrogen) atoms. The molecule has 0 saturated carbocycles. The van der Waals surface area contributed by atoms with Gasteiger partial charge in [-0.2, -0.15) is 0 Å². The third-order valence-electron chi connectivity index (χ3n) is 3.86. The van der Waals surface area contributed by atoms with Crippen molar-refractivity contribution in [2.75, 3.05) is 0 Å². The minimum atomic E-state index is 0.820. The monoisotopic (exact) mass is 297 g/mol. The van der Waals surface area contributed by atoms with Crippen LogP contribution in [0.15, 0.2) is 47.6 Å². The Bertz CT molecular complexity index is 603. The lowest BCUT2D eigenvalue weighted by atomic mass is 10.1. The van der Waals surface area contributed by atoms with Gasteiger partial charge in [0.1, 0.15) is 0 Å². The number of hydrogen-bond donors (Lipinski definition) is 0. The van der Waals surface area contributed by atoms with Crippen molar-refractivity contribution in [2.24, 2.45) is 5.16 Å². The predicted octanol–water partition coefficient (Wildman–Crippen LogP) is 6.35. The van der Waals surface area contributed by atoms with Gasteiger partial charge < -0.3 is 4.84 Å². The first kappa shape index (κ1) is 16.5. The van der Waals surface area contributed by atoms with E-state index in [1.54, 1.807) is 0 Å². The summed E-state index contributed by atoms with van der Waals surface area (Å²) in [6, 6.07) is 14.4. The number of rotatable bonds is 9. The average Bonchev–Trinajstić information content (AvgIpc) is 2.56. The van der Waals surface area contributed by atoms with Crippen molar-refractivity contribution in [3.05, 3.63) is 42.5 Å². The van der Waals surface area contributed by atoms with Crippen LogP contribution >= 0.6 is 0 Å². The van der Waals surface area contributed by atoms with Crippen molar-refractivity contribution in [1.82, 2.24) is 0 Å². The summed E-state index contributed by atoms with van der Waals surface area (Å²) in [5.41, 5.74) is 1.19. The molecule has 0 atom stereocenters. The minimum Gasteiger partial charge on any atom is -0.357 e. The maximum absolute atomic E-state index is 5.67. The first-order valence-corrected chi connectivity index (χ1v) is 8.55. The lowest BCUT2D eigenvalue weighted by molar-refractivity contribution is 0.338. The van der Waals surface area contributed by atoms with Crippen LogP contribution in [0.5, 0.6) is 5.75 Å². The Morgan fingerprint density at radius 2 is 1.68 bits per heavy atom. The van der Waals surface area contributed by atoms with Gasteiger partial charge in [0.05, 0.1) is 5.71 Å². The van der Waals surface area contributed by atoms with Crippen LogP contribution in [0.25, 0.3) is 10.8 Å². The predicted molar refractivity (Wildman–Crippen MR) is 95.7 cm³/mol. The molecule has 0 spiro atoms. The van der Waals surface area contributed by atoms with Crippen LogP contribution in [-0.4, -0.2) is 5.71 Å². The normalized spacial score (nSPS) is 11.8. The van der Waals surface area contributed by atoms with E-state index >= 15 is 0 Å². The Balaban J connectivity index is 1.98. The molecule has 0 aliphatic rings. The number of unbranched alkanes of at least 4 members (excludes halogenated alkanes) is 3. The largest absolute Gasteiger partial charge is 0.357 e. The molecule has 0 aromatic heterocycles. The van der Waals surface area contributed by atoms with E-state index in [-0.39, 0.29) is 0 Å². The molecule has 2 aromatic rings. The molecule has 2 aromatic carbocycles. The summed E-state index contributed by atoms with van der Waals surface area (Å²) < 4.78 is 0. The topological polar surface area (TPSA) is 21.6 Å². The van der Waals surface area contributed by atoms with E-state index in [0.717, 1.165) is 25.0 Å². The minimum absolute atomic E-state index is 0.820. The van der Waals surface area contributed by atoms with Gasteiger partial charge in [0.25, 0.3) is 0 Å². The number of oxime groups is 1. The smallest absolute Gasteiger partial charge is 0.158 e. The Morgan fingerprint density at radius 1 is 0.864 bits per heavy atom. The van der Waals surface area contributed by atoms with Crippen molar-refractivity contribution >= 4 is 16.5 Å². The van der Waals surface area contributed by atoms with Gasteiger partial charge in [0, 0.05) is 0 Å². The standard InChI is InChI=1S/C20H27NO/c1-3-5-6-7-13-19(10-4-2)21-22-20-15-14-17-11-8-9-12-18(17)16-20/h8-9,11-12,14-16H,3-7,10,13H2,1-2H3. The lowest BCUT2D eigenvalue weighted by Crippen LogP contribution is -2.01. The van der Waals surface area contributed by atoms with Gasteiger partial charge in [0.2, 0.25) is 0 Å². The van der Waals surface area contributed by atoms with E-state index < -0.39 is 0 Å². The summed E-state index contributed by atoms with van der Waals surface area (Å²) in [5, 5.41) is 6.82. The number of fused-ring (bicyclic) bond motifs is 1. The molecule has 0 aliphatic heterocycles. The Labute approximate surface area is 134 Å². The molecule has 0 saturated heterocycles. The van der Waals surface area contributed by atoms with Gasteiger partial charge in [-0.3, -0.25) is 0 Å². The Hall–Kier alpha value is -1.83. The summed E-state index contributed by atoms with van der Waals surface area (Å²) in [7, 11) is 0. The van der Waals surface area contributed by atoms with E-state index in [1.807, 2.05) is 12.1 Å². The van der Waals surface area contributed by atoms with Crippen LogP contribution in [0.1, 0.15) is 58.8 Å². The van der Waals surface area contributed by atoms with Crippen LogP contribution in [0.3, 0.4) is 0 Å². The molecule has 0 heterocycles. The summed E-state index contributed by atoms with van der Waals surface area (Å²) in [5.74, 6) is 0.820. The van der Waals surface area contributed by atoms with Crippen molar-refractivity contribution < 1.29 is 4.84 Å². The van der Waals surface area contributed by atoms with Gasteiger partial charge >= 0.3 is 0 Å². The van der Waals surface area contributed by atoms with E-state index in [0.29, 0.717) is 0 Å². The van der Waals surface area contributed by atoms with E-state index in [2.05, 4.69) is 49.3 Å². The van der Waals surface area contributed by atoms with Crippen LogP contribution in [-0.2, 0) is 0 Å². The molecular weight excluding hydrogens is 270 g/mol. The molecule has 2 rings (SSSR count). The van der Waals surface area contributed by atoms with E-state index in [9.17, 15) is 0 Å². The molecule has 118 valence electrons. The highest BCUT2D eigenvalue weighted by Gasteiger charge is 2.02. The van der Waals surface area contributed by atoms with Gasteiger partial charge in [-0.25, -0.2) is 0 Å². The average molecular weight is 297 g/mol. The Morgan fingerprint density at radius 3 is 2.45 bits per heavy atom. The zero-order valence-corrected chi connectivity index (χ0v) is 13.8. The van der Waals surface area contributed by atoms with Gasteiger partial charge in [-0.05, 0) is 42.2 Å². The van der Waals surface area contributed by atoms with Crippen LogP contribution < -0.4 is 4.84 Å². The second kappa shape index (κ2) is 9.24. The molecule has 0 aliphatic carbocycles. The molecule has 0 unspecified atom stereocenters. The van der Waals surface area contributed by atoms with Crippen LogP contribution in [0.4, 0.5) is 0 Å². The van der Waals surface area contributed by atoms with Gasteiger partial charge in [0.15, 0.2) is 5.75 Å². The molecule has 2 heteroatoms. The molecular formula is C20H27NO. The van der Waals surface area contributed by atoms with Crippen LogP contribution in [0, 0.1) is 0 Å². The quantitative estimate of drug-likeness (QED) is 0.300. The van der Waals surface area contributed by atoms with Gasteiger partial charge in [-0.15, -0.1) is 0 Å². The van der Waals surface area contributed by atoms with Crippen molar-refractivity contribution in [3.8, 4) is 5.75 Å². The van der Waals surface area contributed by atoms with Crippen molar-refractivity contribution in [1.29, 1.82) is 0 Å². The molecule has 0 bridgehead atoms. The molecule has 0 radical (unpaired) electrons. The zero-order chi connectivity index (χ0) is 15.6. The Kier molecular flexibility index (Phi) is 6.95. The fourth-order valence-electron chi connectivity index (χ4n) is 2.60. The summed E-state index contributed by atoms with van der Waals surface area (Å²) in [6.45, 7) is 4.43. The highest BCUT2D eigenvalue weighted by molar-refractivity contribution is 5.85. The highest BCUT2D eigenvalue weighted by Crippen LogP contribution is 2.21. The molecule has 0 amide bonds. The first-order valence-electron chi connectivity index (χ1n) is 8.55. The van der Waals surface area contributed by atoms with Crippen molar-refractivity contribution in [3.63, 3.8) is 0 Å². The SMILES string of the molecule is CCCCCCC(CCC)=NOc1ccc2ccccc2c1. The third kappa shape index (κ3) is 5.18. The zero-order valence-electron chi connectivity index (χ0n) is 13.8. The maximum Gasteiger partial charge on any atom is 0.158 e. The van der Waals surface area contributed by atoms with E-state index in [1.165, 1.54) is 42.2 Å². The van der Waals surface area contributed by atoms with Crippen molar-refractivity contribution in [2.45, 2.75) is 58.8 Å². The maximum atomic E-state index is 5.67. The molecule has 0 fully saturated rings. The second-order valence-electron chi connectivity index (χ2n) is 5.82. The van der Waals surface area contributed by atoms with Gasteiger partial charge in [-0.1, -0.05) is 75.0 Å². The number of hydrogen-bond acceptors (Lipinski definition) is 2. The lowest BCUT2D eigenvalue weighted by Gasteiger charge is -2.06. The fourth-order valence-corrected chi connectivity index (χ4v) is 2.60. The summed E-state index contributed by atoms with van der Waals surface area (Å²) in [4.78, 5) is 5.67. The highest BCUT2D eigenvalue weighted by atomic mass is 16.6. The first-order chi connectivity index (χ1) is 10.8. The summed E-state index contributed by atoms with van der Waals surface area (Å²) >= 11 is 0. The molecule has 2 nitrogen and oxygen atoms in total. The van der Waals surface area contributed by atoms with E-state index in [4.69, 9.17) is 4.84 Å². The number of benzene rings is 2. The molecule has 0 N–H and O–H groups in total. The number of nitrogens with zero attached hydrogens (tertiary/aromatic N) is 1. The second-order valence-corrected chi connectivity index (χ2v) is 5.82. The fraction of sp³-hybridized carbons (Fsp3) is 0.450. The third-order valence-corrected chi connectivity index (χ3v) is 3.86. The summed E-state index contributed by atoms with van der Waals surface area (Å²) in [6.07, 6.45) is 8.29.